The molecule has 5 nitrogen and oxygen atoms in total. The first-order valence-electron chi connectivity index (χ1n) is 8.37. The van der Waals surface area contributed by atoms with Gasteiger partial charge in [0.25, 0.3) is 0 Å². The van der Waals surface area contributed by atoms with Crippen molar-refractivity contribution in [2.45, 2.75) is 52.7 Å². The average molecular weight is 370 g/mol. The van der Waals surface area contributed by atoms with Crippen molar-refractivity contribution in [1.82, 2.24) is 0 Å². The maximum Gasteiger partial charge on any atom is 0.497 e. The van der Waals surface area contributed by atoms with Gasteiger partial charge in [0.1, 0.15) is 6.61 Å². The fourth-order valence-corrected chi connectivity index (χ4v) is 2.40. The summed E-state index contributed by atoms with van der Waals surface area (Å²) in [5, 5.41) is 0. The summed E-state index contributed by atoms with van der Waals surface area (Å²) >= 11 is 0. The first-order chi connectivity index (χ1) is 11.8. The van der Waals surface area contributed by atoms with Crippen LogP contribution in [0.25, 0.3) is 0 Å². The number of hydrogen-bond acceptors (Lipinski definition) is 5. The summed E-state index contributed by atoms with van der Waals surface area (Å²) in [5.74, 6) is -3.05. The second kappa shape index (κ2) is 6.81. The molecular formula is C18H25BF2O5. The van der Waals surface area contributed by atoms with Crippen molar-refractivity contribution in [3.05, 3.63) is 23.8 Å². The summed E-state index contributed by atoms with van der Waals surface area (Å²) in [6.07, 6.45) is 0. The molecule has 1 fully saturated rings. The Balaban J connectivity index is 2.21. The predicted molar refractivity (Wildman–Crippen MR) is 93.4 cm³/mol. The molecule has 1 aliphatic rings. The van der Waals surface area contributed by atoms with Crippen molar-refractivity contribution in [2.24, 2.45) is 5.41 Å². The Bertz CT molecular complexity index is 687. The number of esters is 1. The van der Waals surface area contributed by atoms with Crippen molar-refractivity contribution in [3.63, 3.8) is 0 Å². The van der Waals surface area contributed by atoms with Crippen LogP contribution < -0.4 is 10.2 Å². The van der Waals surface area contributed by atoms with Crippen molar-refractivity contribution in [2.75, 3.05) is 13.7 Å². The highest BCUT2D eigenvalue weighted by molar-refractivity contribution is 6.62. The van der Waals surface area contributed by atoms with Crippen LogP contribution in [-0.2, 0) is 18.8 Å². The Labute approximate surface area is 153 Å². The van der Waals surface area contributed by atoms with Crippen LogP contribution in [-0.4, -0.2) is 38.0 Å². The Morgan fingerprint density at radius 2 is 1.65 bits per heavy atom. The third-order valence-electron chi connectivity index (χ3n) is 4.91. The fourth-order valence-electron chi connectivity index (χ4n) is 2.40. The smallest absolute Gasteiger partial charge is 0.489 e. The minimum Gasteiger partial charge on any atom is -0.489 e. The van der Waals surface area contributed by atoms with Gasteiger partial charge in [0.05, 0.1) is 23.7 Å². The summed E-state index contributed by atoms with van der Waals surface area (Å²) in [6, 6.07) is 2.66. The van der Waals surface area contributed by atoms with Crippen molar-refractivity contribution in [1.29, 1.82) is 0 Å². The van der Waals surface area contributed by atoms with Crippen LogP contribution >= 0.6 is 0 Å². The van der Waals surface area contributed by atoms with E-state index >= 15 is 0 Å². The lowest BCUT2D eigenvalue weighted by Gasteiger charge is -2.32. The molecule has 0 aromatic heterocycles. The van der Waals surface area contributed by atoms with Crippen LogP contribution in [0.5, 0.6) is 5.75 Å². The molecule has 0 bridgehead atoms. The highest BCUT2D eigenvalue weighted by atomic mass is 19.2. The topological polar surface area (TPSA) is 54.0 Å². The molecule has 0 aliphatic carbocycles. The molecule has 26 heavy (non-hydrogen) atoms. The number of carbonyl (C=O) groups is 1. The second-order valence-corrected chi connectivity index (χ2v) is 8.03. The van der Waals surface area contributed by atoms with Crippen LogP contribution in [0.15, 0.2) is 12.1 Å². The van der Waals surface area contributed by atoms with E-state index in [1.807, 2.05) is 27.7 Å². The number of ether oxygens (including phenoxy) is 2. The van der Waals surface area contributed by atoms with Crippen LogP contribution in [0.1, 0.15) is 41.5 Å². The van der Waals surface area contributed by atoms with Crippen molar-refractivity contribution < 1.29 is 32.4 Å². The van der Waals surface area contributed by atoms with Crippen LogP contribution in [0.4, 0.5) is 8.78 Å². The van der Waals surface area contributed by atoms with Crippen molar-refractivity contribution >= 4 is 18.6 Å². The lowest BCUT2D eigenvalue weighted by molar-refractivity contribution is -0.152. The summed E-state index contributed by atoms with van der Waals surface area (Å²) < 4.78 is 50.5. The summed E-state index contributed by atoms with van der Waals surface area (Å²) in [5.41, 5.74) is -2.37. The highest BCUT2D eigenvalue weighted by Crippen LogP contribution is 2.37. The quantitative estimate of drug-likeness (QED) is 0.589. The van der Waals surface area contributed by atoms with Gasteiger partial charge in [-0.15, -0.1) is 0 Å². The van der Waals surface area contributed by atoms with Gasteiger partial charge >= 0.3 is 13.1 Å². The van der Waals surface area contributed by atoms with Gasteiger partial charge in [-0.2, -0.15) is 4.39 Å². The Morgan fingerprint density at radius 1 is 1.12 bits per heavy atom. The molecule has 0 atom stereocenters. The Hall–Kier alpha value is -1.67. The molecule has 1 aromatic carbocycles. The van der Waals surface area contributed by atoms with E-state index in [4.69, 9.17) is 14.0 Å². The monoisotopic (exact) mass is 370 g/mol. The molecule has 2 rings (SSSR count). The number of carbonyl (C=O) groups excluding carboxylic acids is 1. The minimum atomic E-state index is -1.15. The molecule has 8 heteroatoms. The average Bonchev–Trinajstić information content (AvgIpc) is 2.75. The summed E-state index contributed by atoms with van der Waals surface area (Å²) in [6.45, 7) is 10.3. The maximum atomic E-state index is 14.6. The SMILES string of the molecule is COC(=O)C(C)(C)COc1ccc(B2OC(C)(C)C(C)(C)O2)c(F)c1F. The molecule has 144 valence electrons. The number of methoxy groups -OCH3 is 1. The number of rotatable bonds is 5. The zero-order valence-electron chi connectivity index (χ0n) is 16.2. The lowest BCUT2D eigenvalue weighted by atomic mass is 9.78. The minimum absolute atomic E-state index is 0.0410. The standard InChI is InChI=1S/C18H25BF2O5/c1-16(2,15(22)23-7)10-24-12-9-8-11(13(20)14(12)21)19-25-17(3,4)18(5,6)26-19/h8-9H,10H2,1-7H3. The fraction of sp³-hybridized carbons (Fsp3) is 0.611. The van der Waals surface area contributed by atoms with Crippen molar-refractivity contribution in [3.8, 4) is 5.75 Å². The first kappa shape index (κ1) is 20.6. The molecule has 1 aliphatic heterocycles. The number of halogens is 2. The van der Waals surface area contributed by atoms with Gasteiger partial charge in [-0.05, 0) is 47.6 Å². The molecule has 0 radical (unpaired) electrons. The molecule has 0 N–H and O–H groups in total. The lowest BCUT2D eigenvalue weighted by Crippen LogP contribution is -2.41. The number of benzene rings is 1. The van der Waals surface area contributed by atoms with Gasteiger partial charge in [-0.1, -0.05) is 6.07 Å². The van der Waals surface area contributed by atoms with E-state index in [-0.39, 0.29) is 17.8 Å². The predicted octanol–water partition coefficient (Wildman–Crippen LogP) is 2.84. The van der Waals surface area contributed by atoms with Crippen LogP contribution in [0.2, 0.25) is 0 Å². The molecule has 0 unspecified atom stereocenters. The van der Waals surface area contributed by atoms with Gasteiger partial charge in [0.2, 0.25) is 0 Å². The summed E-state index contributed by atoms with van der Waals surface area (Å²) in [7, 11) is 0.235. The molecule has 0 amide bonds. The molecule has 1 heterocycles. The third kappa shape index (κ3) is 3.71. The number of hydrogen-bond donors (Lipinski definition) is 0. The first-order valence-corrected chi connectivity index (χ1v) is 8.37. The van der Waals surface area contributed by atoms with Gasteiger partial charge in [0.15, 0.2) is 17.4 Å². The van der Waals surface area contributed by atoms with E-state index < -0.39 is 41.3 Å². The van der Waals surface area contributed by atoms with E-state index in [0.717, 1.165) is 0 Å². The van der Waals surface area contributed by atoms with Gasteiger partial charge in [-0.25, -0.2) is 4.39 Å². The zero-order chi connectivity index (χ0) is 19.9. The van der Waals surface area contributed by atoms with Gasteiger partial charge in [-0.3, -0.25) is 4.79 Å². The maximum absolute atomic E-state index is 14.6. The van der Waals surface area contributed by atoms with E-state index in [9.17, 15) is 13.6 Å². The van der Waals surface area contributed by atoms with Crippen LogP contribution in [0, 0.1) is 17.0 Å². The Kier molecular flexibility index (Phi) is 5.41. The van der Waals surface area contributed by atoms with Gasteiger partial charge < -0.3 is 18.8 Å². The second-order valence-electron chi connectivity index (χ2n) is 8.03. The van der Waals surface area contributed by atoms with E-state index in [2.05, 4.69) is 4.74 Å². The third-order valence-corrected chi connectivity index (χ3v) is 4.91. The zero-order valence-corrected chi connectivity index (χ0v) is 16.2. The normalized spacial score (nSPS) is 18.7. The van der Waals surface area contributed by atoms with E-state index in [1.165, 1.54) is 19.2 Å². The summed E-state index contributed by atoms with van der Waals surface area (Å²) in [4.78, 5) is 11.7. The molecule has 0 saturated carbocycles. The Morgan fingerprint density at radius 3 is 2.15 bits per heavy atom. The molecular weight excluding hydrogens is 345 g/mol. The highest BCUT2D eigenvalue weighted by Gasteiger charge is 2.52. The molecule has 0 spiro atoms. The van der Waals surface area contributed by atoms with Gasteiger partial charge in [0, 0.05) is 5.46 Å². The van der Waals surface area contributed by atoms with E-state index in [0.29, 0.717) is 0 Å². The molecule has 1 saturated heterocycles. The largest absolute Gasteiger partial charge is 0.497 e. The molecule has 1 aromatic rings. The van der Waals surface area contributed by atoms with E-state index in [1.54, 1.807) is 13.8 Å². The van der Waals surface area contributed by atoms with Crippen LogP contribution in [0.3, 0.4) is 0 Å².